The number of carboxylic acids is 1. The summed E-state index contributed by atoms with van der Waals surface area (Å²) in [5, 5.41) is 24.8. The molecule has 18 heavy (non-hydrogen) atoms. The minimum absolute atomic E-state index is 0.0307. The molecular weight excluding hydrogens is 242 g/mol. The van der Waals surface area contributed by atoms with E-state index in [0.29, 0.717) is 0 Å². The first-order chi connectivity index (χ1) is 8.41. The monoisotopic (exact) mass is 257 g/mol. The summed E-state index contributed by atoms with van der Waals surface area (Å²) in [6.45, 7) is 0.0307. The third kappa shape index (κ3) is 3.81. The van der Waals surface area contributed by atoms with Crippen LogP contribution in [0.4, 0.5) is 0 Å². The van der Waals surface area contributed by atoms with Crippen LogP contribution in [0.1, 0.15) is 19.3 Å². The van der Waals surface area contributed by atoms with E-state index in [1.54, 1.807) is 0 Å². The van der Waals surface area contributed by atoms with Gasteiger partial charge in [-0.2, -0.15) is 5.10 Å². The first-order valence-electron chi connectivity index (χ1n) is 5.45. The Morgan fingerprint density at radius 3 is 2.72 bits per heavy atom. The highest BCUT2D eigenvalue weighted by molar-refractivity contribution is 6.39. The van der Waals surface area contributed by atoms with Gasteiger partial charge in [0.25, 0.3) is 5.91 Å². The van der Waals surface area contributed by atoms with Crippen molar-refractivity contribution < 1.29 is 24.6 Å². The van der Waals surface area contributed by atoms with Crippen LogP contribution in [0.15, 0.2) is 5.10 Å². The van der Waals surface area contributed by atoms with E-state index in [1.165, 1.54) is 7.05 Å². The number of hydrogen-bond donors (Lipinski definition) is 3. The molecule has 0 saturated heterocycles. The Bertz CT molecular complexity index is 393. The number of hydrazone groups is 1. The second-order valence-electron chi connectivity index (χ2n) is 3.86. The summed E-state index contributed by atoms with van der Waals surface area (Å²) in [7, 11) is 1.46. The van der Waals surface area contributed by atoms with Gasteiger partial charge in [-0.1, -0.05) is 0 Å². The van der Waals surface area contributed by atoms with Crippen LogP contribution in [0.25, 0.3) is 0 Å². The van der Waals surface area contributed by atoms with Gasteiger partial charge >= 0.3 is 5.97 Å². The van der Waals surface area contributed by atoms with E-state index >= 15 is 0 Å². The second kappa shape index (κ2) is 6.10. The molecule has 1 aliphatic heterocycles. The first-order valence-corrected chi connectivity index (χ1v) is 5.45. The van der Waals surface area contributed by atoms with Crippen molar-refractivity contribution in [1.29, 1.82) is 0 Å². The third-order valence-corrected chi connectivity index (χ3v) is 2.46. The third-order valence-electron chi connectivity index (χ3n) is 2.46. The van der Waals surface area contributed by atoms with Crippen molar-refractivity contribution in [2.24, 2.45) is 5.10 Å². The highest BCUT2D eigenvalue weighted by Gasteiger charge is 2.22. The van der Waals surface area contributed by atoms with E-state index < -0.39 is 18.0 Å². The van der Waals surface area contributed by atoms with Gasteiger partial charge in [0.2, 0.25) is 5.91 Å². The number of amides is 2. The normalized spacial score (nSPS) is 17.1. The molecule has 1 atom stereocenters. The molecule has 8 heteroatoms. The molecule has 1 heterocycles. The molecule has 0 spiro atoms. The highest BCUT2D eigenvalue weighted by atomic mass is 16.4. The zero-order valence-electron chi connectivity index (χ0n) is 9.92. The molecule has 0 radical (unpaired) electrons. The van der Waals surface area contributed by atoms with Crippen LogP contribution < -0.4 is 5.32 Å². The van der Waals surface area contributed by atoms with Gasteiger partial charge in [-0.15, -0.1) is 0 Å². The van der Waals surface area contributed by atoms with Gasteiger partial charge in [0.05, 0.1) is 0 Å². The van der Waals surface area contributed by atoms with E-state index in [2.05, 4.69) is 10.4 Å². The van der Waals surface area contributed by atoms with Gasteiger partial charge in [-0.3, -0.25) is 9.59 Å². The molecule has 100 valence electrons. The smallest absolute Gasteiger partial charge is 0.332 e. The molecule has 3 N–H and O–H groups in total. The van der Waals surface area contributed by atoms with E-state index in [0.717, 1.165) is 5.01 Å². The molecule has 0 saturated carbocycles. The summed E-state index contributed by atoms with van der Waals surface area (Å²) in [5.74, 6) is -1.94. The summed E-state index contributed by atoms with van der Waals surface area (Å²) in [6, 6.07) is 0. The van der Waals surface area contributed by atoms with Crippen LogP contribution in [0.3, 0.4) is 0 Å². The largest absolute Gasteiger partial charge is 0.479 e. The molecule has 1 rings (SSSR count). The molecule has 2 amide bonds. The number of aliphatic hydroxyl groups excluding tert-OH is 1. The molecule has 0 unspecified atom stereocenters. The summed E-state index contributed by atoms with van der Waals surface area (Å²) < 4.78 is 0. The van der Waals surface area contributed by atoms with Gasteiger partial charge in [-0.05, 0) is 0 Å². The Morgan fingerprint density at radius 2 is 2.17 bits per heavy atom. The molecule has 0 aliphatic carbocycles. The van der Waals surface area contributed by atoms with Crippen LogP contribution in [0.5, 0.6) is 0 Å². The number of nitrogens with one attached hydrogen (secondary N) is 1. The fraction of sp³-hybridized carbons (Fsp3) is 0.600. The van der Waals surface area contributed by atoms with Crippen LogP contribution in [0.2, 0.25) is 0 Å². The van der Waals surface area contributed by atoms with Gasteiger partial charge in [0.15, 0.2) is 6.10 Å². The lowest BCUT2D eigenvalue weighted by atomic mass is 10.1. The zero-order chi connectivity index (χ0) is 13.7. The maximum atomic E-state index is 11.6. The summed E-state index contributed by atoms with van der Waals surface area (Å²) >= 11 is 0. The van der Waals surface area contributed by atoms with Crippen molar-refractivity contribution in [2.45, 2.75) is 25.4 Å². The predicted molar refractivity (Wildman–Crippen MR) is 60.7 cm³/mol. The van der Waals surface area contributed by atoms with Gasteiger partial charge in [0, 0.05) is 32.9 Å². The number of carbonyl (C=O) groups is 3. The van der Waals surface area contributed by atoms with Crippen molar-refractivity contribution >= 4 is 23.5 Å². The van der Waals surface area contributed by atoms with Crippen molar-refractivity contribution in [3.05, 3.63) is 0 Å². The Kier molecular flexibility index (Phi) is 4.78. The Labute approximate surface area is 103 Å². The SMILES string of the molecule is CN1N=C(C(=O)NCC[C@H](O)C(=O)O)CCC1=O. The lowest BCUT2D eigenvalue weighted by Gasteiger charge is -2.18. The van der Waals surface area contributed by atoms with Gasteiger partial charge in [-0.25, -0.2) is 9.80 Å². The van der Waals surface area contributed by atoms with E-state index in [9.17, 15) is 14.4 Å². The quantitative estimate of drug-likeness (QED) is 0.556. The molecule has 1 aliphatic rings. The van der Waals surface area contributed by atoms with Crippen LogP contribution in [-0.4, -0.2) is 58.4 Å². The van der Waals surface area contributed by atoms with Crippen LogP contribution in [0, 0.1) is 0 Å². The fourth-order valence-electron chi connectivity index (χ4n) is 1.38. The summed E-state index contributed by atoms with van der Waals surface area (Å²) in [6.07, 6.45) is -1.09. The molecular formula is C10H15N3O5. The zero-order valence-corrected chi connectivity index (χ0v) is 9.92. The summed E-state index contributed by atoms with van der Waals surface area (Å²) in [4.78, 5) is 33.0. The Balaban J connectivity index is 2.40. The average Bonchev–Trinajstić information content (AvgIpc) is 2.32. The number of nitrogens with zero attached hydrogens (tertiary/aromatic N) is 2. The maximum absolute atomic E-state index is 11.6. The number of aliphatic carboxylic acids is 1. The number of carbonyl (C=O) groups excluding carboxylic acids is 2. The predicted octanol–water partition coefficient (Wildman–Crippen LogP) is -1.45. The molecule has 0 aromatic rings. The minimum atomic E-state index is -1.50. The molecule has 0 aromatic heterocycles. The van der Waals surface area contributed by atoms with Gasteiger partial charge < -0.3 is 15.5 Å². The Hall–Kier alpha value is -1.96. The first kappa shape index (κ1) is 14.1. The van der Waals surface area contributed by atoms with E-state index in [4.69, 9.17) is 10.2 Å². The maximum Gasteiger partial charge on any atom is 0.332 e. The van der Waals surface area contributed by atoms with E-state index in [1.807, 2.05) is 0 Å². The standard InChI is InChI=1S/C10H15N3O5/c1-13-8(15)3-2-6(12-13)9(16)11-5-4-7(14)10(17)18/h7,14H,2-5H2,1H3,(H,11,16)(H,17,18)/t7-/m0/s1. The number of rotatable bonds is 5. The van der Waals surface area contributed by atoms with Crippen molar-refractivity contribution in [3.8, 4) is 0 Å². The highest BCUT2D eigenvalue weighted by Crippen LogP contribution is 2.06. The van der Waals surface area contributed by atoms with Crippen molar-refractivity contribution in [2.75, 3.05) is 13.6 Å². The van der Waals surface area contributed by atoms with Crippen molar-refractivity contribution in [3.63, 3.8) is 0 Å². The number of hydrogen-bond acceptors (Lipinski definition) is 5. The molecule has 0 aromatic carbocycles. The van der Waals surface area contributed by atoms with Crippen LogP contribution >= 0.6 is 0 Å². The average molecular weight is 257 g/mol. The summed E-state index contributed by atoms with van der Waals surface area (Å²) in [5.41, 5.74) is 0.224. The van der Waals surface area contributed by atoms with E-state index in [-0.39, 0.29) is 37.4 Å². The second-order valence-corrected chi connectivity index (χ2v) is 3.86. The topological polar surface area (TPSA) is 119 Å². The molecule has 8 nitrogen and oxygen atoms in total. The van der Waals surface area contributed by atoms with Gasteiger partial charge in [0.1, 0.15) is 5.71 Å². The lowest BCUT2D eigenvalue weighted by Crippen LogP contribution is -2.39. The van der Waals surface area contributed by atoms with Crippen LogP contribution in [-0.2, 0) is 14.4 Å². The molecule has 0 bridgehead atoms. The Morgan fingerprint density at radius 1 is 1.50 bits per heavy atom. The minimum Gasteiger partial charge on any atom is -0.479 e. The number of aliphatic hydroxyl groups is 1. The lowest BCUT2D eigenvalue weighted by molar-refractivity contribution is -0.147. The molecule has 0 fully saturated rings. The van der Waals surface area contributed by atoms with Crippen molar-refractivity contribution in [1.82, 2.24) is 10.3 Å². The number of carboxylic acid groups (broad SMARTS) is 1. The fourth-order valence-corrected chi connectivity index (χ4v) is 1.38.